The van der Waals surface area contributed by atoms with Crippen molar-refractivity contribution in [2.45, 2.75) is 25.4 Å². The van der Waals surface area contributed by atoms with E-state index in [0.29, 0.717) is 13.1 Å². The maximum atomic E-state index is 11.9. The third-order valence-electron chi connectivity index (χ3n) is 3.10. The molecule has 0 spiro atoms. The van der Waals surface area contributed by atoms with Gasteiger partial charge in [0, 0.05) is 18.6 Å². The van der Waals surface area contributed by atoms with Gasteiger partial charge < -0.3 is 20.7 Å². The lowest BCUT2D eigenvalue weighted by Gasteiger charge is -2.25. The Labute approximate surface area is 113 Å². The van der Waals surface area contributed by atoms with E-state index in [1.54, 1.807) is 12.0 Å². The standard InChI is InChI=1S/C14H21N3O2/c1-14(2,15)9-17-8-12(16-13(17)18)10-4-6-11(19-3)7-5-10/h4-7,12H,8-9,15H2,1-3H3,(H,16,18). The number of hydrogen-bond acceptors (Lipinski definition) is 3. The quantitative estimate of drug-likeness (QED) is 0.865. The zero-order chi connectivity index (χ0) is 14.0. The van der Waals surface area contributed by atoms with Crippen molar-refractivity contribution in [2.75, 3.05) is 20.2 Å². The van der Waals surface area contributed by atoms with Crippen molar-refractivity contribution in [1.82, 2.24) is 10.2 Å². The summed E-state index contributed by atoms with van der Waals surface area (Å²) >= 11 is 0. The van der Waals surface area contributed by atoms with Crippen molar-refractivity contribution in [3.8, 4) is 5.75 Å². The maximum Gasteiger partial charge on any atom is 0.318 e. The second kappa shape index (κ2) is 5.09. The molecule has 1 aromatic rings. The fourth-order valence-corrected chi connectivity index (χ4v) is 2.24. The smallest absolute Gasteiger partial charge is 0.318 e. The third-order valence-corrected chi connectivity index (χ3v) is 3.10. The summed E-state index contributed by atoms with van der Waals surface area (Å²) in [5.41, 5.74) is 6.65. The highest BCUT2D eigenvalue weighted by Gasteiger charge is 2.32. The van der Waals surface area contributed by atoms with Crippen LogP contribution in [0.5, 0.6) is 5.75 Å². The van der Waals surface area contributed by atoms with Crippen LogP contribution in [0.4, 0.5) is 4.79 Å². The highest BCUT2D eigenvalue weighted by Crippen LogP contribution is 2.23. The van der Waals surface area contributed by atoms with Crippen LogP contribution in [-0.2, 0) is 0 Å². The summed E-state index contributed by atoms with van der Waals surface area (Å²) in [4.78, 5) is 13.7. The van der Waals surface area contributed by atoms with Gasteiger partial charge in [0.1, 0.15) is 5.75 Å². The molecule has 5 heteroatoms. The Morgan fingerprint density at radius 2 is 2.05 bits per heavy atom. The summed E-state index contributed by atoms with van der Waals surface area (Å²) < 4.78 is 5.13. The van der Waals surface area contributed by atoms with Crippen LogP contribution in [0, 0.1) is 0 Å². The van der Waals surface area contributed by atoms with Crippen molar-refractivity contribution in [2.24, 2.45) is 5.73 Å². The first kappa shape index (κ1) is 13.7. The lowest BCUT2D eigenvalue weighted by Crippen LogP contribution is -2.46. The highest BCUT2D eigenvalue weighted by atomic mass is 16.5. The van der Waals surface area contributed by atoms with Gasteiger partial charge in [-0.25, -0.2) is 4.79 Å². The van der Waals surface area contributed by atoms with E-state index in [0.717, 1.165) is 11.3 Å². The SMILES string of the molecule is COc1ccc(C2CN(CC(C)(C)N)C(=O)N2)cc1. The molecule has 104 valence electrons. The number of urea groups is 1. The second-order valence-corrected chi connectivity index (χ2v) is 5.64. The van der Waals surface area contributed by atoms with Gasteiger partial charge in [0.25, 0.3) is 0 Å². The van der Waals surface area contributed by atoms with Crippen LogP contribution in [0.25, 0.3) is 0 Å². The van der Waals surface area contributed by atoms with Gasteiger partial charge in [-0.15, -0.1) is 0 Å². The van der Waals surface area contributed by atoms with Crippen LogP contribution < -0.4 is 15.8 Å². The van der Waals surface area contributed by atoms with Gasteiger partial charge in [-0.3, -0.25) is 0 Å². The second-order valence-electron chi connectivity index (χ2n) is 5.64. The summed E-state index contributed by atoms with van der Waals surface area (Å²) in [7, 11) is 1.64. The molecular weight excluding hydrogens is 242 g/mol. The van der Waals surface area contributed by atoms with Crippen molar-refractivity contribution in [3.05, 3.63) is 29.8 Å². The highest BCUT2D eigenvalue weighted by molar-refractivity contribution is 5.77. The van der Waals surface area contributed by atoms with Crippen molar-refractivity contribution in [3.63, 3.8) is 0 Å². The van der Waals surface area contributed by atoms with E-state index in [9.17, 15) is 4.79 Å². The lowest BCUT2D eigenvalue weighted by molar-refractivity contribution is 0.207. The molecule has 1 aliphatic rings. The fraction of sp³-hybridized carbons (Fsp3) is 0.500. The number of amides is 2. The minimum atomic E-state index is -0.383. The fourth-order valence-electron chi connectivity index (χ4n) is 2.24. The number of methoxy groups -OCH3 is 1. The van der Waals surface area contributed by atoms with Gasteiger partial charge in [0.2, 0.25) is 0 Å². The number of hydrogen-bond donors (Lipinski definition) is 2. The first-order valence-corrected chi connectivity index (χ1v) is 6.37. The Balaban J connectivity index is 2.05. The van der Waals surface area contributed by atoms with Crippen LogP contribution in [0.3, 0.4) is 0 Å². The molecule has 0 aliphatic carbocycles. The molecule has 1 atom stereocenters. The summed E-state index contributed by atoms with van der Waals surface area (Å²) in [5.74, 6) is 0.813. The Morgan fingerprint density at radius 1 is 1.42 bits per heavy atom. The van der Waals surface area contributed by atoms with E-state index in [-0.39, 0.29) is 17.6 Å². The number of rotatable bonds is 4. The molecule has 3 N–H and O–H groups in total. The van der Waals surface area contributed by atoms with Crippen LogP contribution in [0.2, 0.25) is 0 Å². The molecule has 0 bridgehead atoms. The van der Waals surface area contributed by atoms with Crippen LogP contribution in [0.15, 0.2) is 24.3 Å². The summed E-state index contributed by atoms with van der Waals surface area (Å²) in [6.45, 7) is 5.03. The van der Waals surface area contributed by atoms with Crippen molar-refractivity contribution >= 4 is 6.03 Å². The van der Waals surface area contributed by atoms with Gasteiger partial charge in [0.15, 0.2) is 0 Å². The first-order chi connectivity index (χ1) is 8.89. The average Bonchev–Trinajstić information content (AvgIpc) is 2.69. The Morgan fingerprint density at radius 3 is 2.58 bits per heavy atom. The number of nitrogens with one attached hydrogen (secondary N) is 1. The average molecular weight is 263 g/mol. The van der Waals surface area contributed by atoms with Crippen LogP contribution >= 0.6 is 0 Å². The Hall–Kier alpha value is -1.75. The number of carbonyl (C=O) groups excluding carboxylic acids is 1. The monoisotopic (exact) mass is 263 g/mol. The molecular formula is C14H21N3O2. The Kier molecular flexibility index (Phi) is 3.66. The minimum absolute atomic E-state index is 0.0146. The molecule has 2 rings (SSSR count). The minimum Gasteiger partial charge on any atom is -0.497 e. The van der Waals surface area contributed by atoms with Crippen LogP contribution in [-0.4, -0.2) is 36.7 Å². The molecule has 0 aromatic heterocycles. The van der Waals surface area contributed by atoms with Gasteiger partial charge in [-0.05, 0) is 31.5 Å². The van der Waals surface area contributed by atoms with Gasteiger partial charge in [-0.1, -0.05) is 12.1 Å². The number of ether oxygens (including phenoxy) is 1. The largest absolute Gasteiger partial charge is 0.497 e. The maximum absolute atomic E-state index is 11.9. The molecule has 2 amide bonds. The van der Waals surface area contributed by atoms with E-state index in [2.05, 4.69) is 5.32 Å². The molecule has 0 radical (unpaired) electrons. The summed E-state index contributed by atoms with van der Waals surface area (Å²) in [6.07, 6.45) is 0. The first-order valence-electron chi connectivity index (χ1n) is 6.37. The van der Waals surface area contributed by atoms with Gasteiger partial charge in [0.05, 0.1) is 13.2 Å². The van der Waals surface area contributed by atoms with E-state index >= 15 is 0 Å². The molecule has 1 unspecified atom stereocenters. The molecule has 1 aromatic carbocycles. The normalized spacial score (nSPS) is 19.5. The number of benzene rings is 1. The number of nitrogens with zero attached hydrogens (tertiary/aromatic N) is 1. The third kappa shape index (κ3) is 3.38. The molecule has 0 saturated carbocycles. The topological polar surface area (TPSA) is 67.6 Å². The predicted molar refractivity (Wildman–Crippen MR) is 74.1 cm³/mol. The van der Waals surface area contributed by atoms with E-state index < -0.39 is 0 Å². The molecule has 1 fully saturated rings. The van der Waals surface area contributed by atoms with E-state index in [1.165, 1.54) is 0 Å². The zero-order valence-electron chi connectivity index (χ0n) is 11.6. The van der Waals surface area contributed by atoms with Gasteiger partial charge >= 0.3 is 6.03 Å². The van der Waals surface area contributed by atoms with Crippen molar-refractivity contribution in [1.29, 1.82) is 0 Å². The zero-order valence-corrected chi connectivity index (χ0v) is 11.6. The molecule has 1 aliphatic heterocycles. The lowest BCUT2D eigenvalue weighted by atomic mass is 10.1. The van der Waals surface area contributed by atoms with Crippen molar-refractivity contribution < 1.29 is 9.53 Å². The number of nitrogens with two attached hydrogens (primary N) is 1. The Bertz CT molecular complexity index is 451. The molecule has 5 nitrogen and oxygen atoms in total. The molecule has 1 saturated heterocycles. The summed E-state index contributed by atoms with van der Waals surface area (Å²) in [5, 5.41) is 2.97. The van der Waals surface area contributed by atoms with Gasteiger partial charge in [-0.2, -0.15) is 0 Å². The van der Waals surface area contributed by atoms with E-state index in [1.807, 2.05) is 38.1 Å². The van der Waals surface area contributed by atoms with Crippen LogP contribution in [0.1, 0.15) is 25.5 Å². The molecule has 1 heterocycles. The summed E-state index contributed by atoms with van der Waals surface area (Å²) in [6, 6.07) is 7.70. The predicted octanol–water partition coefficient (Wildman–Crippen LogP) is 1.50. The van der Waals surface area contributed by atoms with E-state index in [4.69, 9.17) is 10.5 Å². The molecule has 19 heavy (non-hydrogen) atoms. The number of carbonyl (C=O) groups is 1.